The molecule has 6 heteroatoms. The van der Waals surface area contributed by atoms with Gasteiger partial charge >= 0.3 is 0 Å². The number of fused-ring (bicyclic) bond motifs is 2. The van der Waals surface area contributed by atoms with Crippen LogP contribution >= 0.6 is 11.6 Å². The van der Waals surface area contributed by atoms with E-state index in [0.29, 0.717) is 27.9 Å². The third-order valence-corrected chi connectivity index (χ3v) is 3.81. The molecule has 3 aromatic rings. The first kappa shape index (κ1) is 13.7. The number of nitrogens with zero attached hydrogens (tertiary/aromatic N) is 2. The standard InChI is InChI=1S/C17H10ClN3O2/c18-12-6-10(7-15-16(12)23-9-22-15)5-11(8-19)17-20-13-3-1-2-4-14(13)21-17/h1-7H,9H2,(H,20,21)/b11-5+. The average Bonchev–Trinajstić information content (AvgIpc) is 3.18. The number of H-pyrrole nitrogens is 1. The number of imidazole rings is 1. The molecule has 0 radical (unpaired) electrons. The summed E-state index contributed by atoms with van der Waals surface area (Å²) in [7, 11) is 0. The fourth-order valence-electron chi connectivity index (χ4n) is 2.47. The molecule has 0 saturated carbocycles. The molecule has 0 atom stereocenters. The van der Waals surface area contributed by atoms with Crippen molar-refractivity contribution in [1.82, 2.24) is 9.97 Å². The SMILES string of the molecule is N#C/C(=C\c1cc(Cl)c2c(c1)OCO2)c1nc2ccccc2[nH]1. The minimum atomic E-state index is 0.150. The molecule has 1 N–H and O–H groups in total. The third kappa shape index (κ3) is 2.39. The Kier molecular flexibility index (Phi) is 3.18. The topological polar surface area (TPSA) is 70.9 Å². The molecule has 5 nitrogen and oxygen atoms in total. The fraction of sp³-hybridized carbons (Fsp3) is 0.0588. The number of allylic oxidation sites excluding steroid dienone is 1. The van der Waals surface area contributed by atoms with Gasteiger partial charge in [0.15, 0.2) is 11.5 Å². The van der Waals surface area contributed by atoms with E-state index in [-0.39, 0.29) is 6.79 Å². The Labute approximate surface area is 136 Å². The molecule has 0 saturated heterocycles. The van der Waals surface area contributed by atoms with Crippen LogP contribution in [0, 0.1) is 11.3 Å². The van der Waals surface area contributed by atoms with Crippen molar-refractivity contribution in [3.63, 3.8) is 0 Å². The Hall–Kier alpha value is -2.97. The number of ether oxygens (including phenoxy) is 2. The Morgan fingerprint density at radius 3 is 3.00 bits per heavy atom. The zero-order chi connectivity index (χ0) is 15.8. The molecule has 0 amide bonds. The van der Waals surface area contributed by atoms with E-state index in [2.05, 4.69) is 16.0 Å². The molecule has 0 fully saturated rings. The minimum Gasteiger partial charge on any atom is -0.454 e. The Morgan fingerprint density at radius 1 is 1.30 bits per heavy atom. The van der Waals surface area contributed by atoms with Crippen molar-refractivity contribution < 1.29 is 9.47 Å². The van der Waals surface area contributed by atoms with Gasteiger partial charge in [0.25, 0.3) is 0 Å². The summed E-state index contributed by atoms with van der Waals surface area (Å²) in [4.78, 5) is 7.58. The number of nitrogens with one attached hydrogen (secondary N) is 1. The molecule has 1 aliphatic rings. The van der Waals surface area contributed by atoms with Crippen LogP contribution in [0.25, 0.3) is 22.7 Å². The molecule has 2 heterocycles. The van der Waals surface area contributed by atoms with E-state index in [1.54, 1.807) is 18.2 Å². The van der Waals surface area contributed by atoms with Crippen molar-refractivity contribution in [2.24, 2.45) is 0 Å². The van der Waals surface area contributed by atoms with Gasteiger partial charge in [-0.05, 0) is 35.9 Å². The second-order valence-electron chi connectivity index (χ2n) is 5.01. The van der Waals surface area contributed by atoms with E-state index in [1.165, 1.54) is 0 Å². The minimum absolute atomic E-state index is 0.150. The molecule has 0 aliphatic carbocycles. The normalized spacial score (nSPS) is 13.3. The maximum absolute atomic E-state index is 9.46. The summed E-state index contributed by atoms with van der Waals surface area (Å²) in [5.41, 5.74) is 2.85. The lowest BCUT2D eigenvalue weighted by molar-refractivity contribution is 0.174. The summed E-state index contributed by atoms with van der Waals surface area (Å²) < 4.78 is 10.6. The van der Waals surface area contributed by atoms with Crippen LogP contribution in [0.5, 0.6) is 11.5 Å². The molecule has 112 valence electrons. The number of halogens is 1. The summed E-state index contributed by atoms with van der Waals surface area (Å²) in [6.07, 6.45) is 1.71. The number of aromatic nitrogens is 2. The van der Waals surface area contributed by atoms with Gasteiger partial charge in [-0.1, -0.05) is 23.7 Å². The molecular weight excluding hydrogens is 314 g/mol. The quantitative estimate of drug-likeness (QED) is 0.723. The predicted molar refractivity (Wildman–Crippen MR) is 87.2 cm³/mol. The maximum atomic E-state index is 9.46. The van der Waals surface area contributed by atoms with E-state index in [1.807, 2.05) is 24.3 Å². The highest BCUT2D eigenvalue weighted by molar-refractivity contribution is 6.32. The fourth-order valence-corrected chi connectivity index (χ4v) is 2.74. The number of nitriles is 1. The van der Waals surface area contributed by atoms with Gasteiger partial charge in [0, 0.05) is 0 Å². The van der Waals surface area contributed by atoms with Crippen molar-refractivity contribution in [2.45, 2.75) is 0 Å². The van der Waals surface area contributed by atoms with Crippen LogP contribution in [0.3, 0.4) is 0 Å². The van der Waals surface area contributed by atoms with Gasteiger partial charge in [-0.15, -0.1) is 0 Å². The highest BCUT2D eigenvalue weighted by atomic mass is 35.5. The monoisotopic (exact) mass is 323 g/mol. The largest absolute Gasteiger partial charge is 0.454 e. The van der Waals surface area contributed by atoms with Crippen LogP contribution in [0.4, 0.5) is 0 Å². The molecule has 0 unspecified atom stereocenters. The van der Waals surface area contributed by atoms with Crippen LogP contribution in [-0.2, 0) is 0 Å². The van der Waals surface area contributed by atoms with Gasteiger partial charge in [0.2, 0.25) is 6.79 Å². The van der Waals surface area contributed by atoms with Gasteiger partial charge in [0.05, 0.1) is 21.6 Å². The molecule has 2 aromatic carbocycles. The average molecular weight is 324 g/mol. The molecule has 1 aromatic heterocycles. The molecule has 1 aliphatic heterocycles. The third-order valence-electron chi connectivity index (χ3n) is 3.53. The number of para-hydroxylation sites is 2. The summed E-state index contributed by atoms with van der Waals surface area (Å²) >= 11 is 6.17. The van der Waals surface area contributed by atoms with Gasteiger partial charge in [-0.25, -0.2) is 4.98 Å². The van der Waals surface area contributed by atoms with Gasteiger partial charge < -0.3 is 14.5 Å². The van der Waals surface area contributed by atoms with Crippen molar-refractivity contribution in [3.05, 3.63) is 52.8 Å². The lowest BCUT2D eigenvalue weighted by Crippen LogP contribution is -1.93. The van der Waals surface area contributed by atoms with E-state index in [9.17, 15) is 5.26 Å². The van der Waals surface area contributed by atoms with E-state index >= 15 is 0 Å². The Bertz CT molecular complexity index is 952. The maximum Gasteiger partial charge on any atom is 0.231 e. The summed E-state index contributed by atoms with van der Waals surface area (Å²) in [6, 6.07) is 13.3. The van der Waals surface area contributed by atoms with Crippen molar-refractivity contribution in [1.29, 1.82) is 5.26 Å². The first-order chi connectivity index (χ1) is 11.2. The van der Waals surface area contributed by atoms with E-state index < -0.39 is 0 Å². The van der Waals surface area contributed by atoms with Gasteiger partial charge in [-0.2, -0.15) is 5.26 Å². The van der Waals surface area contributed by atoms with Gasteiger partial charge in [-0.3, -0.25) is 0 Å². The highest BCUT2D eigenvalue weighted by Crippen LogP contribution is 2.40. The van der Waals surface area contributed by atoms with Crippen LogP contribution < -0.4 is 9.47 Å². The van der Waals surface area contributed by atoms with Crippen LogP contribution in [0.2, 0.25) is 5.02 Å². The highest BCUT2D eigenvalue weighted by Gasteiger charge is 2.18. The van der Waals surface area contributed by atoms with Crippen LogP contribution in [0.15, 0.2) is 36.4 Å². The Morgan fingerprint density at radius 2 is 2.17 bits per heavy atom. The smallest absolute Gasteiger partial charge is 0.231 e. The first-order valence-electron chi connectivity index (χ1n) is 6.90. The lowest BCUT2D eigenvalue weighted by atomic mass is 10.1. The number of hydrogen-bond donors (Lipinski definition) is 1. The summed E-state index contributed by atoms with van der Waals surface area (Å²) in [5.74, 6) is 1.62. The van der Waals surface area contributed by atoms with E-state index in [0.717, 1.165) is 16.6 Å². The molecule has 4 rings (SSSR count). The van der Waals surface area contributed by atoms with E-state index in [4.69, 9.17) is 21.1 Å². The number of aromatic amines is 1. The van der Waals surface area contributed by atoms with Gasteiger partial charge in [0.1, 0.15) is 11.9 Å². The second kappa shape index (κ2) is 5.34. The van der Waals surface area contributed by atoms with Crippen molar-refractivity contribution in [3.8, 4) is 17.6 Å². The van der Waals surface area contributed by atoms with Crippen LogP contribution in [0.1, 0.15) is 11.4 Å². The number of benzene rings is 2. The molecule has 0 bridgehead atoms. The second-order valence-corrected chi connectivity index (χ2v) is 5.42. The summed E-state index contributed by atoms with van der Waals surface area (Å²) in [6.45, 7) is 0.150. The number of rotatable bonds is 2. The lowest BCUT2D eigenvalue weighted by Gasteiger charge is -2.01. The molecular formula is C17H10ClN3O2. The predicted octanol–water partition coefficient (Wildman–Crippen LogP) is 4.01. The molecule has 23 heavy (non-hydrogen) atoms. The van der Waals surface area contributed by atoms with Crippen molar-refractivity contribution >= 4 is 34.3 Å². The zero-order valence-corrected chi connectivity index (χ0v) is 12.6. The van der Waals surface area contributed by atoms with Crippen LogP contribution in [-0.4, -0.2) is 16.8 Å². The zero-order valence-electron chi connectivity index (χ0n) is 11.8. The van der Waals surface area contributed by atoms with Crippen molar-refractivity contribution in [2.75, 3.05) is 6.79 Å². The molecule has 0 spiro atoms. The first-order valence-corrected chi connectivity index (χ1v) is 7.28. The Balaban J connectivity index is 1.79. The number of hydrogen-bond acceptors (Lipinski definition) is 4. The summed E-state index contributed by atoms with van der Waals surface area (Å²) in [5, 5.41) is 9.91.